The third-order valence-corrected chi connectivity index (χ3v) is 4.25. The molecule has 1 aromatic heterocycles. The molecule has 1 aromatic rings. The molecule has 3 rings (SSSR count). The summed E-state index contributed by atoms with van der Waals surface area (Å²) in [6.07, 6.45) is 2.47. The second-order valence-electron chi connectivity index (χ2n) is 5.98. The highest BCUT2D eigenvalue weighted by molar-refractivity contribution is 5.73. The summed E-state index contributed by atoms with van der Waals surface area (Å²) in [6, 6.07) is -0.0971. The van der Waals surface area contributed by atoms with E-state index < -0.39 is 5.82 Å². The van der Waals surface area contributed by atoms with Gasteiger partial charge in [0.15, 0.2) is 5.82 Å². The molecule has 0 saturated carbocycles. The normalized spacial score (nSPS) is 26.9. The van der Waals surface area contributed by atoms with E-state index in [0.29, 0.717) is 31.6 Å². The fraction of sp³-hybridized carbons (Fsp3) is 0.643. The minimum absolute atomic E-state index is 0.0971. The number of ether oxygens (including phenoxy) is 1. The van der Waals surface area contributed by atoms with Gasteiger partial charge in [0.25, 0.3) is 0 Å². The van der Waals surface area contributed by atoms with Crippen molar-refractivity contribution in [3.63, 3.8) is 0 Å². The molecule has 2 aliphatic rings. The van der Waals surface area contributed by atoms with Crippen molar-refractivity contribution in [2.45, 2.75) is 6.10 Å². The first-order valence-corrected chi connectivity index (χ1v) is 7.34. The summed E-state index contributed by atoms with van der Waals surface area (Å²) in [5.41, 5.74) is 0. The number of rotatable bonds is 3. The summed E-state index contributed by atoms with van der Waals surface area (Å²) in [7, 11) is 3.43. The van der Waals surface area contributed by atoms with Crippen LogP contribution in [0, 0.1) is 17.7 Å². The van der Waals surface area contributed by atoms with Gasteiger partial charge in [0, 0.05) is 45.6 Å². The van der Waals surface area contributed by atoms with E-state index in [1.807, 2.05) is 4.90 Å². The molecule has 22 heavy (non-hydrogen) atoms. The Morgan fingerprint density at radius 3 is 2.86 bits per heavy atom. The van der Waals surface area contributed by atoms with E-state index >= 15 is 0 Å². The summed E-state index contributed by atoms with van der Waals surface area (Å²) < 4.78 is 18.7. The van der Waals surface area contributed by atoms with Crippen LogP contribution in [0.3, 0.4) is 0 Å². The SMILES string of the molecule is CN(C)C(=O)NC[C@@H]1CO[C@@H]2CN(c3ncc(F)cn3)C[C@H]12. The number of amides is 2. The lowest BCUT2D eigenvalue weighted by Gasteiger charge is -2.20. The molecule has 7 nitrogen and oxygen atoms in total. The predicted octanol–water partition coefficient (Wildman–Crippen LogP) is 0.338. The van der Waals surface area contributed by atoms with Crippen LogP contribution in [0.5, 0.6) is 0 Å². The van der Waals surface area contributed by atoms with E-state index in [0.717, 1.165) is 6.54 Å². The fourth-order valence-corrected chi connectivity index (χ4v) is 3.02. The van der Waals surface area contributed by atoms with Crippen molar-refractivity contribution >= 4 is 12.0 Å². The first-order valence-electron chi connectivity index (χ1n) is 7.34. The summed E-state index contributed by atoms with van der Waals surface area (Å²) in [5.74, 6) is 0.689. The highest BCUT2D eigenvalue weighted by Gasteiger charge is 2.44. The molecule has 0 aliphatic carbocycles. The van der Waals surface area contributed by atoms with Gasteiger partial charge in [-0.05, 0) is 0 Å². The van der Waals surface area contributed by atoms with Crippen LogP contribution in [-0.4, -0.2) is 67.3 Å². The smallest absolute Gasteiger partial charge is 0.316 e. The molecular formula is C14H20FN5O2. The zero-order valence-electron chi connectivity index (χ0n) is 12.7. The molecule has 2 saturated heterocycles. The number of fused-ring (bicyclic) bond motifs is 1. The molecule has 0 unspecified atom stereocenters. The number of hydrogen-bond acceptors (Lipinski definition) is 5. The number of urea groups is 1. The Bertz CT molecular complexity index is 539. The van der Waals surface area contributed by atoms with E-state index in [1.165, 1.54) is 17.3 Å². The summed E-state index contributed by atoms with van der Waals surface area (Å²) in [4.78, 5) is 23.2. The monoisotopic (exact) mass is 309 g/mol. The van der Waals surface area contributed by atoms with E-state index in [9.17, 15) is 9.18 Å². The van der Waals surface area contributed by atoms with Crippen LogP contribution in [0.1, 0.15) is 0 Å². The first kappa shape index (κ1) is 15.0. The van der Waals surface area contributed by atoms with E-state index in [4.69, 9.17) is 4.74 Å². The van der Waals surface area contributed by atoms with E-state index in [1.54, 1.807) is 14.1 Å². The van der Waals surface area contributed by atoms with Crippen LogP contribution in [0.25, 0.3) is 0 Å². The number of nitrogens with one attached hydrogen (secondary N) is 1. The van der Waals surface area contributed by atoms with Crippen molar-refractivity contribution < 1.29 is 13.9 Å². The number of aromatic nitrogens is 2. The molecule has 2 fully saturated rings. The van der Waals surface area contributed by atoms with Crippen LogP contribution in [0.15, 0.2) is 12.4 Å². The third-order valence-electron chi connectivity index (χ3n) is 4.25. The lowest BCUT2D eigenvalue weighted by atomic mass is 9.93. The standard InChI is InChI=1S/C14H20FN5O2/c1-19(2)14(21)18-3-9-8-22-12-7-20(6-11(9)12)13-16-4-10(15)5-17-13/h4-5,9,11-12H,3,6-8H2,1-2H3,(H,18,21)/t9-,11-,12-/m1/s1. The van der Waals surface area contributed by atoms with Crippen molar-refractivity contribution in [1.82, 2.24) is 20.2 Å². The third kappa shape index (κ3) is 2.96. The zero-order valence-corrected chi connectivity index (χ0v) is 12.7. The minimum atomic E-state index is -0.441. The summed E-state index contributed by atoms with van der Waals surface area (Å²) in [5, 5.41) is 2.91. The van der Waals surface area contributed by atoms with Gasteiger partial charge in [0.2, 0.25) is 5.95 Å². The fourth-order valence-electron chi connectivity index (χ4n) is 3.02. The quantitative estimate of drug-likeness (QED) is 0.872. The molecule has 3 heterocycles. The molecule has 0 bridgehead atoms. The molecule has 8 heteroatoms. The molecule has 0 radical (unpaired) electrons. The maximum Gasteiger partial charge on any atom is 0.316 e. The van der Waals surface area contributed by atoms with E-state index in [2.05, 4.69) is 15.3 Å². The lowest BCUT2D eigenvalue weighted by molar-refractivity contribution is 0.111. The number of carbonyl (C=O) groups is 1. The van der Waals surface area contributed by atoms with Crippen molar-refractivity contribution in [3.8, 4) is 0 Å². The second-order valence-corrected chi connectivity index (χ2v) is 5.98. The van der Waals surface area contributed by atoms with Crippen molar-refractivity contribution in [2.24, 2.45) is 11.8 Å². The second kappa shape index (κ2) is 6.04. The van der Waals surface area contributed by atoms with Gasteiger partial charge >= 0.3 is 6.03 Å². The van der Waals surface area contributed by atoms with Crippen molar-refractivity contribution in [2.75, 3.05) is 45.2 Å². The number of nitrogens with zero attached hydrogens (tertiary/aromatic N) is 4. The topological polar surface area (TPSA) is 70.6 Å². The average molecular weight is 309 g/mol. The van der Waals surface area contributed by atoms with Gasteiger partial charge in [-0.3, -0.25) is 0 Å². The van der Waals surface area contributed by atoms with Crippen LogP contribution in [0.4, 0.5) is 15.1 Å². The molecular weight excluding hydrogens is 289 g/mol. The average Bonchev–Trinajstić information content (AvgIpc) is 3.06. The molecule has 120 valence electrons. The Hall–Kier alpha value is -1.96. The van der Waals surface area contributed by atoms with Crippen LogP contribution >= 0.6 is 0 Å². The maximum atomic E-state index is 12.9. The minimum Gasteiger partial charge on any atom is -0.376 e. The van der Waals surface area contributed by atoms with E-state index in [-0.39, 0.29) is 18.1 Å². The Balaban J connectivity index is 1.59. The number of halogens is 1. The number of carbonyl (C=O) groups excluding carboxylic acids is 1. The van der Waals surface area contributed by atoms with Crippen LogP contribution in [-0.2, 0) is 4.74 Å². The van der Waals surface area contributed by atoms with Gasteiger partial charge in [-0.15, -0.1) is 0 Å². The van der Waals surface area contributed by atoms with Crippen LogP contribution in [0.2, 0.25) is 0 Å². The van der Waals surface area contributed by atoms with Gasteiger partial charge in [0.05, 0.1) is 25.1 Å². The summed E-state index contributed by atoms with van der Waals surface area (Å²) in [6.45, 7) is 2.71. The van der Waals surface area contributed by atoms with Gasteiger partial charge in [-0.2, -0.15) is 0 Å². The van der Waals surface area contributed by atoms with Crippen molar-refractivity contribution in [1.29, 1.82) is 0 Å². The Morgan fingerprint density at radius 2 is 2.18 bits per heavy atom. The maximum absolute atomic E-state index is 12.9. The molecule has 3 atom stereocenters. The number of anilines is 1. The molecule has 0 spiro atoms. The molecule has 2 amide bonds. The lowest BCUT2D eigenvalue weighted by Crippen LogP contribution is -2.39. The van der Waals surface area contributed by atoms with Gasteiger partial charge in [-0.1, -0.05) is 0 Å². The highest BCUT2D eigenvalue weighted by atomic mass is 19.1. The predicted molar refractivity (Wildman–Crippen MR) is 78.0 cm³/mol. The van der Waals surface area contributed by atoms with Gasteiger partial charge in [0.1, 0.15) is 0 Å². The largest absolute Gasteiger partial charge is 0.376 e. The van der Waals surface area contributed by atoms with Crippen molar-refractivity contribution in [3.05, 3.63) is 18.2 Å². The van der Waals surface area contributed by atoms with Gasteiger partial charge in [-0.25, -0.2) is 19.2 Å². The molecule has 1 N–H and O–H groups in total. The zero-order chi connectivity index (χ0) is 15.7. The summed E-state index contributed by atoms with van der Waals surface area (Å²) >= 11 is 0. The Labute approximate surface area is 128 Å². The number of hydrogen-bond donors (Lipinski definition) is 1. The van der Waals surface area contributed by atoms with Gasteiger partial charge < -0.3 is 19.9 Å². The first-order chi connectivity index (χ1) is 10.5. The Kier molecular flexibility index (Phi) is 4.10. The van der Waals surface area contributed by atoms with Crippen LogP contribution < -0.4 is 10.2 Å². The molecule has 2 aliphatic heterocycles. The Morgan fingerprint density at radius 1 is 1.45 bits per heavy atom. The molecule has 0 aromatic carbocycles. The highest BCUT2D eigenvalue weighted by Crippen LogP contribution is 2.34.